The number of oxime groups is 1. The molecule has 1 heterocycles. The van der Waals surface area contributed by atoms with Crippen LogP contribution < -0.4 is 10.5 Å². The lowest BCUT2D eigenvalue weighted by atomic mass is 10.2. The first-order valence-corrected chi connectivity index (χ1v) is 7.33. The van der Waals surface area contributed by atoms with Gasteiger partial charge in [0.2, 0.25) is 0 Å². The molecule has 1 aromatic carbocycles. The largest absolute Gasteiger partial charge is 0.494 e. The van der Waals surface area contributed by atoms with Crippen molar-refractivity contribution < 1.29 is 14.4 Å². The van der Waals surface area contributed by atoms with Crippen molar-refractivity contribution in [3.63, 3.8) is 0 Å². The molecule has 5 nitrogen and oxygen atoms in total. The average Bonchev–Trinajstić information content (AvgIpc) is 3.00. The van der Waals surface area contributed by atoms with E-state index in [1.165, 1.54) is 30.6 Å². The van der Waals surface area contributed by atoms with E-state index in [0.29, 0.717) is 5.56 Å². The van der Waals surface area contributed by atoms with Gasteiger partial charge in [0.25, 0.3) is 0 Å². The maximum absolute atomic E-state index is 12.1. The molecule has 0 amide bonds. The number of benzene rings is 1. The molecule has 21 heavy (non-hydrogen) atoms. The van der Waals surface area contributed by atoms with E-state index in [4.69, 9.17) is 38.5 Å². The van der Waals surface area contributed by atoms with E-state index in [1.54, 1.807) is 11.4 Å². The molecule has 0 spiro atoms. The van der Waals surface area contributed by atoms with Crippen LogP contribution in [0.5, 0.6) is 5.75 Å². The fraction of sp³-hybridized carbons (Fsp3) is 0.0769. The third-order valence-electron chi connectivity index (χ3n) is 2.51. The molecule has 2 rings (SSSR count). The second kappa shape index (κ2) is 6.80. The van der Waals surface area contributed by atoms with Gasteiger partial charge in [-0.2, -0.15) is 11.3 Å². The average molecular weight is 345 g/mol. The molecule has 0 fully saturated rings. The highest BCUT2D eigenvalue weighted by Crippen LogP contribution is 2.34. The van der Waals surface area contributed by atoms with E-state index < -0.39 is 5.97 Å². The van der Waals surface area contributed by atoms with Crippen LogP contribution in [0.3, 0.4) is 0 Å². The fourth-order valence-electron chi connectivity index (χ4n) is 1.52. The summed E-state index contributed by atoms with van der Waals surface area (Å²) in [6.07, 6.45) is 0. The van der Waals surface area contributed by atoms with Crippen LogP contribution >= 0.6 is 34.5 Å². The minimum atomic E-state index is -0.808. The van der Waals surface area contributed by atoms with Gasteiger partial charge in [-0.25, -0.2) is 4.79 Å². The monoisotopic (exact) mass is 344 g/mol. The molecule has 0 aliphatic rings. The Hall–Kier alpha value is -1.76. The van der Waals surface area contributed by atoms with E-state index in [1.807, 2.05) is 5.38 Å². The Labute approximate surface area is 134 Å². The number of hydrogen-bond acceptors (Lipinski definition) is 5. The normalized spacial score (nSPS) is 11.3. The van der Waals surface area contributed by atoms with Crippen LogP contribution in [-0.2, 0) is 4.84 Å². The van der Waals surface area contributed by atoms with Crippen LogP contribution in [0.1, 0.15) is 15.9 Å². The third-order valence-corrected chi connectivity index (χ3v) is 3.81. The summed E-state index contributed by atoms with van der Waals surface area (Å²) in [4.78, 5) is 16.9. The number of amidine groups is 1. The second-order valence-electron chi connectivity index (χ2n) is 3.80. The maximum Gasteiger partial charge on any atom is 0.371 e. The fourth-order valence-corrected chi connectivity index (χ4v) is 2.63. The van der Waals surface area contributed by atoms with Crippen molar-refractivity contribution in [1.82, 2.24) is 0 Å². The summed E-state index contributed by atoms with van der Waals surface area (Å²) in [7, 11) is 1.37. The number of carbonyl (C=O) groups excluding carboxylic acids is 1. The zero-order valence-electron chi connectivity index (χ0n) is 10.8. The van der Waals surface area contributed by atoms with Gasteiger partial charge < -0.3 is 15.3 Å². The Bertz CT molecular complexity index is 687. The third kappa shape index (κ3) is 3.47. The standard InChI is InChI=1S/C13H10Cl2N2O3S/c1-19-11-9(15)3-2-8(14)10(11)13(18)20-17-12(16)7-4-5-21-6-7/h2-6H,1H3,(H2,16,17). The number of rotatable bonds is 4. The molecule has 0 bridgehead atoms. The Morgan fingerprint density at radius 3 is 2.62 bits per heavy atom. The summed E-state index contributed by atoms with van der Waals surface area (Å²) in [5.74, 6) is -0.599. The smallest absolute Gasteiger partial charge is 0.371 e. The molecule has 0 radical (unpaired) electrons. The summed E-state index contributed by atoms with van der Waals surface area (Å²) >= 11 is 13.4. The molecule has 110 valence electrons. The van der Waals surface area contributed by atoms with Gasteiger partial charge in [-0.1, -0.05) is 28.4 Å². The quantitative estimate of drug-likeness (QED) is 0.398. The summed E-state index contributed by atoms with van der Waals surface area (Å²) in [6, 6.07) is 4.74. The second-order valence-corrected chi connectivity index (χ2v) is 5.40. The van der Waals surface area contributed by atoms with Crippen LogP contribution in [0.15, 0.2) is 34.1 Å². The van der Waals surface area contributed by atoms with Crippen LogP contribution in [0.2, 0.25) is 10.0 Å². The van der Waals surface area contributed by atoms with Crippen LogP contribution in [0.4, 0.5) is 0 Å². The Balaban J connectivity index is 2.25. The van der Waals surface area contributed by atoms with Gasteiger partial charge in [0.05, 0.1) is 17.2 Å². The van der Waals surface area contributed by atoms with E-state index in [9.17, 15) is 4.79 Å². The van der Waals surface area contributed by atoms with Crippen molar-refractivity contribution in [2.75, 3.05) is 7.11 Å². The molecule has 0 aliphatic heterocycles. The van der Waals surface area contributed by atoms with Crippen molar-refractivity contribution >= 4 is 46.3 Å². The summed E-state index contributed by atoms with van der Waals surface area (Å²) in [5.41, 5.74) is 6.35. The molecule has 8 heteroatoms. The van der Waals surface area contributed by atoms with Crippen molar-refractivity contribution in [2.24, 2.45) is 10.9 Å². The summed E-state index contributed by atoms with van der Waals surface area (Å²) in [5, 5.41) is 7.57. The van der Waals surface area contributed by atoms with E-state index in [0.717, 1.165) is 0 Å². The van der Waals surface area contributed by atoms with E-state index in [2.05, 4.69) is 5.16 Å². The molecule has 0 saturated carbocycles. The minimum Gasteiger partial charge on any atom is -0.494 e. The number of thiophene rings is 1. The first kappa shape index (κ1) is 15.6. The SMILES string of the molecule is COc1c(Cl)ccc(Cl)c1C(=O)O/N=C(\N)c1ccsc1. The number of methoxy groups -OCH3 is 1. The molecule has 0 saturated heterocycles. The lowest BCUT2D eigenvalue weighted by Crippen LogP contribution is -2.14. The summed E-state index contributed by atoms with van der Waals surface area (Å²) < 4.78 is 5.06. The Morgan fingerprint density at radius 1 is 1.29 bits per heavy atom. The molecule has 2 N–H and O–H groups in total. The van der Waals surface area contributed by atoms with Crippen molar-refractivity contribution in [2.45, 2.75) is 0 Å². The number of nitrogens with two attached hydrogens (primary N) is 1. The van der Waals surface area contributed by atoms with Gasteiger partial charge in [0, 0.05) is 10.9 Å². The molecular weight excluding hydrogens is 335 g/mol. The number of carbonyl (C=O) groups is 1. The van der Waals surface area contributed by atoms with Crippen molar-refractivity contribution in [3.05, 3.63) is 50.1 Å². The molecule has 2 aromatic rings. The molecule has 0 atom stereocenters. The first-order valence-electron chi connectivity index (χ1n) is 5.64. The van der Waals surface area contributed by atoms with Crippen molar-refractivity contribution in [3.8, 4) is 5.75 Å². The number of halogens is 2. The zero-order valence-corrected chi connectivity index (χ0v) is 13.1. The highest BCUT2D eigenvalue weighted by Gasteiger charge is 2.21. The van der Waals surface area contributed by atoms with Crippen LogP contribution in [0, 0.1) is 0 Å². The highest BCUT2D eigenvalue weighted by atomic mass is 35.5. The van der Waals surface area contributed by atoms with Gasteiger partial charge in [-0.15, -0.1) is 0 Å². The van der Waals surface area contributed by atoms with E-state index in [-0.39, 0.29) is 27.2 Å². The first-order chi connectivity index (χ1) is 10.0. The van der Waals surface area contributed by atoms with Gasteiger partial charge in [-0.3, -0.25) is 0 Å². The van der Waals surface area contributed by atoms with Gasteiger partial charge in [0.15, 0.2) is 11.6 Å². The number of hydrogen-bond donors (Lipinski definition) is 1. The van der Waals surface area contributed by atoms with Gasteiger partial charge in [0.1, 0.15) is 5.56 Å². The lowest BCUT2D eigenvalue weighted by molar-refractivity contribution is 0.0512. The predicted molar refractivity (Wildman–Crippen MR) is 83.5 cm³/mol. The maximum atomic E-state index is 12.1. The molecule has 0 aliphatic carbocycles. The van der Waals surface area contributed by atoms with Crippen molar-refractivity contribution in [1.29, 1.82) is 0 Å². The van der Waals surface area contributed by atoms with Gasteiger partial charge in [-0.05, 0) is 23.6 Å². The molecule has 0 unspecified atom stereocenters. The zero-order chi connectivity index (χ0) is 15.4. The summed E-state index contributed by atoms with van der Waals surface area (Å²) in [6.45, 7) is 0. The van der Waals surface area contributed by atoms with E-state index >= 15 is 0 Å². The number of nitrogens with zero attached hydrogens (tertiary/aromatic N) is 1. The highest BCUT2D eigenvalue weighted by molar-refractivity contribution is 7.08. The molecule has 1 aromatic heterocycles. The lowest BCUT2D eigenvalue weighted by Gasteiger charge is -2.09. The minimum absolute atomic E-state index is 0.00599. The molecular formula is C13H10Cl2N2O3S. The van der Waals surface area contributed by atoms with Crippen LogP contribution in [-0.4, -0.2) is 18.9 Å². The Kier molecular flexibility index (Phi) is 5.06. The predicted octanol–water partition coefficient (Wildman–Crippen LogP) is 3.54. The van der Waals surface area contributed by atoms with Crippen LogP contribution in [0.25, 0.3) is 0 Å². The number of ether oxygens (including phenoxy) is 1. The van der Waals surface area contributed by atoms with Gasteiger partial charge >= 0.3 is 5.97 Å². The topological polar surface area (TPSA) is 73.9 Å². The Morgan fingerprint density at radius 2 is 2.00 bits per heavy atom.